The van der Waals surface area contributed by atoms with E-state index in [9.17, 15) is 4.79 Å². The molecule has 1 fully saturated rings. The zero-order chi connectivity index (χ0) is 12.3. The molecule has 1 aromatic heterocycles. The number of aromatic nitrogens is 1. The number of amides is 1. The minimum Gasteiger partial charge on any atom is -0.375 e. The number of hydrogen-bond acceptors (Lipinski definition) is 5. The van der Waals surface area contributed by atoms with Crippen molar-refractivity contribution in [2.45, 2.75) is 19.4 Å². The smallest absolute Gasteiger partial charge is 0.220 e. The molecule has 0 saturated carbocycles. The van der Waals surface area contributed by atoms with E-state index in [1.54, 1.807) is 7.05 Å². The Kier molecular flexibility index (Phi) is 3.96. The summed E-state index contributed by atoms with van der Waals surface area (Å²) >= 11 is 1.54. The molecule has 1 amide bonds. The maximum Gasteiger partial charge on any atom is 0.220 e. The number of rotatable bonds is 4. The van der Waals surface area contributed by atoms with Crippen molar-refractivity contribution in [1.29, 1.82) is 0 Å². The Hall–Kier alpha value is -1.14. The van der Waals surface area contributed by atoms with Gasteiger partial charge in [0, 0.05) is 37.6 Å². The highest BCUT2D eigenvalue weighted by Gasteiger charge is 2.24. The fourth-order valence-corrected chi connectivity index (χ4v) is 2.93. The van der Waals surface area contributed by atoms with E-state index in [1.165, 1.54) is 16.2 Å². The average molecular weight is 254 g/mol. The van der Waals surface area contributed by atoms with Gasteiger partial charge in [0.05, 0.1) is 0 Å². The zero-order valence-electron chi connectivity index (χ0n) is 9.98. The molecule has 1 aliphatic heterocycles. The van der Waals surface area contributed by atoms with Gasteiger partial charge in [-0.2, -0.15) is 0 Å². The molecule has 94 valence electrons. The van der Waals surface area contributed by atoms with E-state index in [2.05, 4.69) is 15.2 Å². The summed E-state index contributed by atoms with van der Waals surface area (Å²) in [7, 11) is 1.69. The van der Waals surface area contributed by atoms with E-state index >= 15 is 0 Å². The number of carbonyl (C=O) groups excluding carboxylic acids is 1. The standard InChI is InChI=1S/C11H18N4OS/c1-13-10(16)4-8-2-3-15(6-8)7-9-5-14-11(12)17-9/h5,8H,2-4,6-7H2,1H3,(H2,12,14)(H,13,16)/t8-/m1/s1. The van der Waals surface area contributed by atoms with Crippen LogP contribution in [0.5, 0.6) is 0 Å². The Balaban J connectivity index is 1.80. The van der Waals surface area contributed by atoms with Crippen LogP contribution in [0, 0.1) is 5.92 Å². The first-order chi connectivity index (χ1) is 8.17. The summed E-state index contributed by atoms with van der Waals surface area (Å²) in [5, 5.41) is 3.30. The number of nitrogens with one attached hydrogen (secondary N) is 1. The van der Waals surface area contributed by atoms with Gasteiger partial charge in [-0.15, -0.1) is 11.3 Å². The molecule has 0 radical (unpaired) electrons. The predicted molar refractivity (Wildman–Crippen MR) is 68.6 cm³/mol. The molecule has 2 heterocycles. The summed E-state index contributed by atoms with van der Waals surface area (Å²) in [6.45, 7) is 2.95. The van der Waals surface area contributed by atoms with Crippen molar-refractivity contribution in [2.24, 2.45) is 5.92 Å². The Morgan fingerprint density at radius 3 is 3.24 bits per heavy atom. The van der Waals surface area contributed by atoms with E-state index in [-0.39, 0.29) is 5.91 Å². The van der Waals surface area contributed by atoms with Crippen LogP contribution < -0.4 is 11.1 Å². The average Bonchev–Trinajstić information content (AvgIpc) is 2.89. The number of nitrogen functional groups attached to an aromatic ring is 1. The first-order valence-corrected chi connectivity index (χ1v) is 6.62. The summed E-state index contributed by atoms with van der Waals surface area (Å²) in [5.74, 6) is 0.624. The van der Waals surface area contributed by atoms with Crippen LogP contribution in [0.25, 0.3) is 0 Å². The van der Waals surface area contributed by atoms with Crippen LogP contribution in [0.3, 0.4) is 0 Å². The van der Waals surface area contributed by atoms with Gasteiger partial charge in [-0.3, -0.25) is 9.69 Å². The summed E-state index contributed by atoms with van der Waals surface area (Å²) in [6, 6.07) is 0. The van der Waals surface area contributed by atoms with Crippen molar-refractivity contribution in [3.8, 4) is 0 Å². The second kappa shape index (κ2) is 5.46. The lowest BCUT2D eigenvalue weighted by Gasteiger charge is -2.14. The van der Waals surface area contributed by atoms with Crippen molar-refractivity contribution in [3.05, 3.63) is 11.1 Å². The second-order valence-corrected chi connectivity index (χ2v) is 5.58. The molecular weight excluding hydrogens is 236 g/mol. The van der Waals surface area contributed by atoms with Gasteiger partial charge in [0.2, 0.25) is 5.91 Å². The van der Waals surface area contributed by atoms with Crippen LogP contribution in [-0.4, -0.2) is 35.9 Å². The maximum absolute atomic E-state index is 11.3. The monoisotopic (exact) mass is 254 g/mol. The Morgan fingerprint density at radius 2 is 2.59 bits per heavy atom. The number of carbonyl (C=O) groups is 1. The molecule has 5 nitrogen and oxygen atoms in total. The molecule has 1 atom stereocenters. The summed E-state index contributed by atoms with van der Waals surface area (Å²) in [6.07, 6.45) is 3.58. The van der Waals surface area contributed by atoms with Crippen molar-refractivity contribution in [1.82, 2.24) is 15.2 Å². The molecule has 0 spiro atoms. The van der Waals surface area contributed by atoms with Crippen LogP contribution in [0.15, 0.2) is 6.20 Å². The Bertz CT molecular complexity index is 393. The number of nitrogens with two attached hydrogens (primary N) is 1. The molecule has 2 rings (SSSR count). The minimum absolute atomic E-state index is 0.138. The molecule has 1 aromatic rings. The van der Waals surface area contributed by atoms with Crippen LogP contribution in [0.2, 0.25) is 0 Å². The van der Waals surface area contributed by atoms with Crippen molar-refractivity contribution < 1.29 is 4.79 Å². The zero-order valence-corrected chi connectivity index (χ0v) is 10.8. The highest BCUT2D eigenvalue weighted by atomic mass is 32.1. The Morgan fingerprint density at radius 1 is 1.76 bits per heavy atom. The maximum atomic E-state index is 11.3. The summed E-state index contributed by atoms with van der Waals surface area (Å²) in [5.41, 5.74) is 5.60. The minimum atomic E-state index is 0.138. The largest absolute Gasteiger partial charge is 0.375 e. The normalized spacial score (nSPS) is 20.6. The third kappa shape index (κ3) is 3.41. The third-order valence-electron chi connectivity index (χ3n) is 3.07. The molecule has 1 aliphatic rings. The van der Waals surface area contributed by atoms with Crippen molar-refractivity contribution in [2.75, 3.05) is 25.9 Å². The van der Waals surface area contributed by atoms with Gasteiger partial charge in [-0.1, -0.05) is 0 Å². The molecule has 0 aliphatic carbocycles. The van der Waals surface area contributed by atoms with Gasteiger partial charge in [0.25, 0.3) is 0 Å². The predicted octanol–water partition coefficient (Wildman–Crippen LogP) is 0.683. The second-order valence-electron chi connectivity index (χ2n) is 4.43. The molecule has 0 aromatic carbocycles. The van der Waals surface area contributed by atoms with Crippen LogP contribution in [0.1, 0.15) is 17.7 Å². The van der Waals surface area contributed by atoms with E-state index in [0.717, 1.165) is 26.1 Å². The molecule has 3 N–H and O–H groups in total. The number of likely N-dealkylation sites (tertiary alicyclic amines) is 1. The lowest BCUT2D eigenvalue weighted by atomic mass is 10.1. The summed E-state index contributed by atoms with van der Waals surface area (Å²) < 4.78 is 0. The van der Waals surface area contributed by atoms with Crippen LogP contribution in [0.4, 0.5) is 5.13 Å². The number of nitrogens with zero attached hydrogens (tertiary/aromatic N) is 2. The highest BCUT2D eigenvalue weighted by molar-refractivity contribution is 7.15. The molecule has 0 unspecified atom stereocenters. The van der Waals surface area contributed by atoms with E-state index < -0.39 is 0 Å². The van der Waals surface area contributed by atoms with Crippen LogP contribution >= 0.6 is 11.3 Å². The third-order valence-corrected chi connectivity index (χ3v) is 3.89. The van der Waals surface area contributed by atoms with Gasteiger partial charge in [0.15, 0.2) is 5.13 Å². The van der Waals surface area contributed by atoms with Crippen molar-refractivity contribution in [3.63, 3.8) is 0 Å². The van der Waals surface area contributed by atoms with E-state index in [4.69, 9.17) is 5.73 Å². The number of hydrogen-bond donors (Lipinski definition) is 2. The van der Waals surface area contributed by atoms with E-state index in [1.807, 2.05) is 6.20 Å². The quantitative estimate of drug-likeness (QED) is 0.829. The molecule has 17 heavy (non-hydrogen) atoms. The number of anilines is 1. The van der Waals surface area contributed by atoms with Gasteiger partial charge in [-0.05, 0) is 18.9 Å². The topological polar surface area (TPSA) is 71.2 Å². The first kappa shape index (κ1) is 12.3. The summed E-state index contributed by atoms with van der Waals surface area (Å²) in [4.78, 5) is 18.9. The molecule has 1 saturated heterocycles. The highest BCUT2D eigenvalue weighted by Crippen LogP contribution is 2.23. The first-order valence-electron chi connectivity index (χ1n) is 5.80. The molecular formula is C11H18N4OS. The van der Waals surface area contributed by atoms with E-state index in [0.29, 0.717) is 17.5 Å². The van der Waals surface area contributed by atoms with Crippen LogP contribution in [-0.2, 0) is 11.3 Å². The fourth-order valence-electron chi connectivity index (χ4n) is 2.20. The van der Waals surface area contributed by atoms with Gasteiger partial charge >= 0.3 is 0 Å². The lowest BCUT2D eigenvalue weighted by molar-refractivity contribution is -0.121. The fraction of sp³-hybridized carbons (Fsp3) is 0.636. The Labute approximate surface area is 105 Å². The van der Waals surface area contributed by atoms with Gasteiger partial charge < -0.3 is 11.1 Å². The van der Waals surface area contributed by atoms with Gasteiger partial charge in [-0.25, -0.2) is 4.98 Å². The molecule has 0 bridgehead atoms. The number of thiazole rings is 1. The SMILES string of the molecule is CNC(=O)C[C@H]1CCN(Cc2cnc(N)s2)C1. The van der Waals surface area contributed by atoms with Crippen molar-refractivity contribution >= 4 is 22.4 Å². The lowest BCUT2D eigenvalue weighted by Crippen LogP contribution is -2.24. The van der Waals surface area contributed by atoms with Gasteiger partial charge in [0.1, 0.15) is 0 Å². The molecule has 6 heteroatoms.